The summed E-state index contributed by atoms with van der Waals surface area (Å²) in [6.07, 6.45) is 4.17. The number of hydrogen-bond donors (Lipinski definition) is 0. The summed E-state index contributed by atoms with van der Waals surface area (Å²) in [4.78, 5) is 0. The monoisotopic (exact) mass is 302 g/mol. The standard InChI is InChI=1S/C17H18O5/c1-2-16(20-3-4-21-16)8-17-10(1)5-13(22-17)11-6-14-15(7-12(11)17)19-9-18-14/h6-7,10,13H,1-5,8-9H2/t10-,13+,17-/m0/s1. The van der Waals surface area contributed by atoms with Crippen LogP contribution in [0.4, 0.5) is 0 Å². The Kier molecular flexibility index (Phi) is 2.09. The maximum atomic E-state index is 6.53. The lowest BCUT2D eigenvalue weighted by Crippen LogP contribution is -2.48. The Labute approximate surface area is 128 Å². The molecule has 2 spiro atoms. The van der Waals surface area contributed by atoms with E-state index in [0.29, 0.717) is 25.9 Å². The van der Waals surface area contributed by atoms with Gasteiger partial charge in [-0.3, -0.25) is 0 Å². The van der Waals surface area contributed by atoms with Crippen molar-refractivity contribution in [2.24, 2.45) is 5.92 Å². The van der Waals surface area contributed by atoms with Crippen LogP contribution in [-0.4, -0.2) is 25.8 Å². The Balaban J connectivity index is 1.50. The zero-order valence-corrected chi connectivity index (χ0v) is 12.3. The van der Waals surface area contributed by atoms with E-state index in [1.54, 1.807) is 0 Å². The summed E-state index contributed by atoms with van der Waals surface area (Å²) in [5.41, 5.74) is 2.29. The Bertz CT molecular complexity index is 665. The zero-order valence-electron chi connectivity index (χ0n) is 12.3. The molecule has 0 unspecified atom stereocenters. The van der Waals surface area contributed by atoms with E-state index in [1.165, 1.54) is 11.1 Å². The highest BCUT2D eigenvalue weighted by Gasteiger charge is 2.63. The van der Waals surface area contributed by atoms with Gasteiger partial charge >= 0.3 is 0 Å². The van der Waals surface area contributed by atoms with Gasteiger partial charge in [0, 0.05) is 12.8 Å². The molecule has 5 aliphatic rings. The fourth-order valence-corrected chi connectivity index (χ4v) is 5.17. The number of fused-ring (bicyclic) bond motifs is 4. The molecule has 1 aromatic rings. The summed E-state index contributed by atoms with van der Waals surface area (Å²) in [6, 6.07) is 4.25. The summed E-state index contributed by atoms with van der Waals surface area (Å²) in [6.45, 7) is 1.70. The van der Waals surface area contributed by atoms with Crippen molar-refractivity contribution in [3.8, 4) is 11.5 Å². The van der Waals surface area contributed by atoms with Gasteiger partial charge < -0.3 is 23.7 Å². The first-order chi connectivity index (χ1) is 10.8. The van der Waals surface area contributed by atoms with Crippen molar-refractivity contribution in [3.63, 3.8) is 0 Å². The van der Waals surface area contributed by atoms with Crippen LogP contribution in [0.25, 0.3) is 0 Å². The van der Waals surface area contributed by atoms with Crippen molar-refractivity contribution in [2.75, 3.05) is 20.0 Å². The number of benzene rings is 1. The second-order valence-electron chi connectivity index (χ2n) is 7.04. The fourth-order valence-electron chi connectivity index (χ4n) is 5.17. The molecule has 0 amide bonds. The molecule has 0 aromatic heterocycles. The van der Waals surface area contributed by atoms with Gasteiger partial charge in [0.25, 0.3) is 0 Å². The lowest BCUT2D eigenvalue weighted by atomic mass is 9.65. The van der Waals surface area contributed by atoms with E-state index in [9.17, 15) is 0 Å². The van der Waals surface area contributed by atoms with Gasteiger partial charge in [0.2, 0.25) is 6.79 Å². The number of hydrogen-bond acceptors (Lipinski definition) is 5. The molecule has 5 nitrogen and oxygen atoms in total. The quantitative estimate of drug-likeness (QED) is 0.737. The summed E-state index contributed by atoms with van der Waals surface area (Å²) >= 11 is 0. The largest absolute Gasteiger partial charge is 0.454 e. The Morgan fingerprint density at radius 3 is 2.73 bits per heavy atom. The first-order valence-electron chi connectivity index (χ1n) is 8.18. The fraction of sp³-hybridized carbons (Fsp3) is 0.647. The lowest BCUT2D eigenvalue weighted by molar-refractivity contribution is -0.230. The van der Waals surface area contributed by atoms with Gasteiger partial charge in [0.05, 0.1) is 19.3 Å². The highest BCUT2D eigenvalue weighted by Crippen LogP contribution is 2.66. The van der Waals surface area contributed by atoms with Crippen molar-refractivity contribution in [3.05, 3.63) is 23.3 Å². The molecular weight excluding hydrogens is 284 g/mol. The van der Waals surface area contributed by atoms with Gasteiger partial charge in [0.15, 0.2) is 17.3 Å². The average molecular weight is 302 g/mol. The second-order valence-corrected chi connectivity index (χ2v) is 7.04. The molecule has 1 saturated carbocycles. The molecular formula is C17H18O5. The Morgan fingerprint density at radius 2 is 1.86 bits per heavy atom. The van der Waals surface area contributed by atoms with Gasteiger partial charge in [-0.1, -0.05) is 0 Å². The molecule has 2 bridgehead atoms. The molecule has 5 heteroatoms. The van der Waals surface area contributed by atoms with Crippen LogP contribution in [0.3, 0.4) is 0 Å². The summed E-state index contributed by atoms with van der Waals surface area (Å²) in [5, 5.41) is 0. The molecule has 4 heterocycles. The van der Waals surface area contributed by atoms with Crippen molar-refractivity contribution >= 4 is 0 Å². The molecule has 1 aliphatic carbocycles. The molecule has 0 N–H and O–H groups in total. The Morgan fingerprint density at radius 1 is 1.05 bits per heavy atom. The minimum Gasteiger partial charge on any atom is -0.454 e. The Hall–Kier alpha value is -1.30. The third-order valence-corrected chi connectivity index (χ3v) is 6.08. The topological polar surface area (TPSA) is 46.2 Å². The molecule has 3 atom stereocenters. The number of ether oxygens (including phenoxy) is 5. The maximum absolute atomic E-state index is 6.53. The van der Waals surface area contributed by atoms with E-state index in [4.69, 9.17) is 23.7 Å². The van der Waals surface area contributed by atoms with Crippen LogP contribution in [-0.2, 0) is 19.8 Å². The van der Waals surface area contributed by atoms with E-state index in [1.807, 2.05) is 0 Å². The van der Waals surface area contributed by atoms with Crippen LogP contribution < -0.4 is 9.47 Å². The van der Waals surface area contributed by atoms with Crippen molar-refractivity contribution in [1.29, 1.82) is 0 Å². The predicted molar refractivity (Wildman–Crippen MR) is 74.7 cm³/mol. The van der Waals surface area contributed by atoms with Crippen LogP contribution in [0, 0.1) is 5.92 Å². The van der Waals surface area contributed by atoms with Crippen LogP contribution in [0.15, 0.2) is 12.1 Å². The molecule has 6 rings (SSSR count). The highest BCUT2D eigenvalue weighted by atomic mass is 16.7. The van der Waals surface area contributed by atoms with Crippen molar-refractivity contribution in [2.45, 2.75) is 43.2 Å². The summed E-state index contributed by atoms with van der Waals surface area (Å²) in [7, 11) is 0. The highest BCUT2D eigenvalue weighted by molar-refractivity contribution is 5.54. The van der Waals surface area contributed by atoms with Gasteiger partial charge in [-0.05, 0) is 42.0 Å². The molecule has 3 fully saturated rings. The van der Waals surface area contributed by atoms with E-state index >= 15 is 0 Å². The van der Waals surface area contributed by atoms with Crippen LogP contribution in [0.1, 0.15) is 42.9 Å². The van der Waals surface area contributed by atoms with Gasteiger partial charge in [-0.25, -0.2) is 0 Å². The SMILES string of the molecule is c1c2c(cc3c1[C@H]1C[C@@H]4CCC5(C[C@@]34O1)OCCO5)OCO2. The number of rotatable bonds is 0. The third-order valence-electron chi connectivity index (χ3n) is 6.08. The molecule has 116 valence electrons. The van der Waals surface area contributed by atoms with Gasteiger partial charge in [0.1, 0.15) is 5.60 Å². The maximum Gasteiger partial charge on any atom is 0.231 e. The molecule has 1 aromatic carbocycles. The smallest absolute Gasteiger partial charge is 0.231 e. The molecule has 4 aliphatic heterocycles. The zero-order chi connectivity index (χ0) is 14.4. The van der Waals surface area contributed by atoms with Gasteiger partial charge in [-0.15, -0.1) is 0 Å². The third kappa shape index (κ3) is 1.32. The van der Waals surface area contributed by atoms with Crippen molar-refractivity contribution in [1.82, 2.24) is 0 Å². The predicted octanol–water partition coefficient (Wildman–Crippen LogP) is 2.63. The second kappa shape index (κ2) is 3.78. The van der Waals surface area contributed by atoms with E-state index < -0.39 is 5.79 Å². The first-order valence-corrected chi connectivity index (χ1v) is 8.18. The molecule has 0 radical (unpaired) electrons. The van der Waals surface area contributed by atoms with Crippen LogP contribution in [0.5, 0.6) is 11.5 Å². The van der Waals surface area contributed by atoms with Crippen molar-refractivity contribution < 1.29 is 23.7 Å². The van der Waals surface area contributed by atoms with Gasteiger partial charge in [-0.2, -0.15) is 0 Å². The van der Waals surface area contributed by atoms with Crippen LogP contribution in [0.2, 0.25) is 0 Å². The summed E-state index contributed by atoms with van der Waals surface area (Å²) in [5.74, 6) is 1.81. The minimum atomic E-state index is -0.441. The molecule has 22 heavy (non-hydrogen) atoms. The summed E-state index contributed by atoms with van der Waals surface area (Å²) < 4.78 is 29.6. The van der Waals surface area contributed by atoms with E-state index in [0.717, 1.165) is 37.2 Å². The van der Waals surface area contributed by atoms with Crippen LogP contribution >= 0.6 is 0 Å². The molecule has 2 saturated heterocycles. The first kappa shape index (κ1) is 12.2. The minimum absolute atomic E-state index is 0.186. The van der Waals surface area contributed by atoms with E-state index in [2.05, 4.69) is 12.1 Å². The van der Waals surface area contributed by atoms with E-state index in [-0.39, 0.29) is 11.7 Å². The normalized spacial score (nSPS) is 39.3. The average Bonchev–Trinajstić information content (AvgIpc) is 3.26. The lowest BCUT2D eigenvalue weighted by Gasteiger charge is -2.45.